The van der Waals surface area contributed by atoms with E-state index in [0.717, 1.165) is 16.5 Å². The maximum absolute atomic E-state index is 12.5. The number of nitrogens with zero attached hydrogens (tertiary/aromatic N) is 5. The van der Waals surface area contributed by atoms with Crippen LogP contribution < -0.4 is 5.32 Å². The topological polar surface area (TPSA) is 77.1 Å². The Balaban J connectivity index is 1.45. The number of hydrogen-bond donors (Lipinski definition) is 1. The quantitative estimate of drug-likeness (QED) is 0.693. The van der Waals surface area contributed by atoms with Gasteiger partial charge in [0.25, 0.3) is 5.91 Å². The fraction of sp³-hybridized carbons (Fsp3) is 0.375. The molecule has 124 valence electrons. The van der Waals surface area contributed by atoms with Crippen LogP contribution >= 0.6 is 11.8 Å². The van der Waals surface area contributed by atoms with Crippen LogP contribution in [0.1, 0.15) is 35.1 Å². The molecule has 0 radical (unpaired) electrons. The van der Waals surface area contributed by atoms with Crippen LogP contribution in [0.3, 0.4) is 0 Å². The van der Waals surface area contributed by atoms with Gasteiger partial charge in [-0.15, -0.1) is 10.2 Å². The van der Waals surface area contributed by atoms with Crippen molar-refractivity contribution in [2.24, 2.45) is 0 Å². The van der Waals surface area contributed by atoms with E-state index >= 15 is 0 Å². The first-order chi connectivity index (χ1) is 11.8. The van der Waals surface area contributed by atoms with Crippen LogP contribution in [0.2, 0.25) is 0 Å². The molecule has 0 atom stereocenters. The molecule has 1 aliphatic rings. The lowest BCUT2D eigenvalue weighted by Gasteiger charge is -2.07. The number of amides is 1. The number of carbonyl (C=O) groups excluding carboxylic acids is 1. The van der Waals surface area contributed by atoms with Crippen LogP contribution in [-0.4, -0.2) is 42.9 Å². The van der Waals surface area contributed by atoms with Crippen LogP contribution in [-0.2, 0) is 6.54 Å². The van der Waals surface area contributed by atoms with Gasteiger partial charge in [0.2, 0.25) is 0 Å². The Morgan fingerprint density at radius 1 is 1.42 bits per heavy atom. The normalized spacial score (nSPS) is 14.2. The molecule has 4 rings (SSSR count). The van der Waals surface area contributed by atoms with Gasteiger partial charge in [-0.25, -0.2) is 4.98 Å². The second-order valence-corrected chi connectivity index (χ2v) is 6.59. The highest BCUT2D eigenvalue weighted by Gasteiger charge is 2.28. The molecule has 7 nitrogen and oxygen atoms in total. The van der Waals surface area contributed by atoms with Crippen LogP contribution in [0.4, 0.5) is 0 Å². The molecule has 1 fully saturated rings. The molecular weight excluding hydrogens is 324 g/mol. The van der Waals surface area contributed by atoms with Crippen LogP contribution in [0.5, 0.6) is 0 Å². The van der Waals surface area contributed by atoms with Gasteiger partial charge in [-0.3, -0.25) is 9.20 Å². The van der Waals surface area contributed by atoms with E-state index in [1.807, 2.05) is 39.6 Å². The van der Waals surface area contributed by atoms with Gasteiger partial charge in [0.15, 0.2) is 10.9 Å². The molecule has 0 bridgehead atoms. The van der Waals surface area contributed by atoms with Crippen LogP contribution in [0.15, 0.2) is 35.9 Å². The summed E-state index contributed by atoms with van der Waals surface area (Å²) in [5, 5.41) is 11.9. The molecule has 0 aromatic carbocycles. The number of hydrogen-bond acceptors (Lipinski definition) is 5. The Morgan fingerprint density at radius 2 is 2.29 bits per heavy atom. The first-order valence-corrected chi connectivity index (χ1v) is 9.17. The smallest absolute Gasteiger partial charge is 0.272 e. The molecule has 1 N–H and O–H groups in total. The van der Waals surface area contributed by atoms with Gasteiger partial charge in [-0.2, -0.15) is 0 Å². The molecule has 0 saturated heterocycles. The summed E-state index contributed by atoms with van der Waals surface area (Å²) >= 11 is 1.52. The number of rotatable bonds is 6. The fourth-order valence-electron chi connectivity index (χ4n) is 2.79. The van der Waals surface area contributed by atoms with Crippen molar-refractivity contribution in [1.82, 2.24) is 29.5 Å². The molecule has 3 aromatic rings. The summed E-state index contributed by atoms with van der Waals surface area (Å²) in [6.07, 6.45) is 7.98. The molecule has 1 amide bonds. The molecular formula is C16H18N6OS. The zero-order chi connectivity index (χ0) is 16.5. The average molecular weight is 342 g/mol. The van der Waals surface area contributed by atoms with Crippen molar-refractivity contribution in [3.8, 4) is 0 Å². The molecule has 8 heteroatoms. The molecule has 1 aliphatic carbocycles. The van der Waals surface area contributed by atoms with E-state index in [4.69, 9.17) is 0 Å². The Bertz CT molecular complexity index is 882. The van der Waals surface area contributed by atoms with E-state index in [9.17, 15) is 4.79 Å². The average Bonchev–Trinajstić information content (AvgIpc) is 3.22. The SMILES string of the molecule is CSc1nc(C(=O)NCCn2cnnc2C2CC2)c2ccccn12. The fourth-order valence-corrected chi connectivity index (χ4v) is 3.33. The van der Waals surface area contributed by atoms with Gasteiger partial charge in [0.05, 0.1) is 5.52 Å². The lowest BCUT2D eigenvalue weighted by Crippen LogP contribution is -2.28. The summed E-state index contributed by atoms with van der Waals surface area (Å²) < 4.78 is 3.96. The van der Waals surface area contributed by atoms with Crippen LogP contribution in [0, 0.1) is 0 Å². The molecule has 24 heavy (non-hydrogen) atoms. The van der Waals surface area contributed by atoms with Crippen molar-refractivity contribution in [3.63, 3.8) is 0 Å². The number of nitrogens with one attached hydrogen (secondary N) is 1. The van der Waals surface area contributed by atoms with Gasteiger partial charge >= 0.3 is 0 Å². The van der Waals surface area contributed by atoms with Gasteiger partial charge in [0, 0.05) is 25.2 Å². The van der Waals surface area contributed by atoms with Crippen molar-refractivity contribution in [1.29, 1.82) is 0 Å². The van der Waals surface area contributed by atoms with Gasteiger partial charge in [0.1, 0.15) is 12.2 Å². The number of pyridine rings is 1. The predicted molar refractivity (Wildman–Crippen MR) is 91.3 cm³/mol. The van der Waals surface area contributed by atoms with E-state index < -0.39 is 0 Å². The highest BCUT2D eigenvalue weighted by atomic mass is 32.2. The second-order valence-electron chi connectivity index (χ2n) is 5.82. The first-order valence-electron chi connectivity index (χ1n) is 7.95. The molecule has 3 heterocycles. The van der Waals surface area contributed by atoms with Crippen LogP contribution in [0.25, 0.3) is 5.52 Å². The molecule has 3 aromatic heterocycles. The van der Waals surface area contributed by atoms with Gasteiger partial charge in [-0.05, 0) is 31.2 Å². The number of fused-ring (bicyclic) bond motifs is 1. The first kappa shape index (κ1) is 15.2. The third-order valence-electron chi connectivity index (χ3n) is 4.14. The summed E-state index contributed by atoms with van der Waals surface area (Å²) in [6, 6.07) is 5.76. The largest absolute Gasteiger partial charge is 0.349 e. The zero-order valence-electron chi connectivity index (χ0n) is 13.3. The third-order valence-corrected chi connectivity index (χ3v) is 4.79. The van der Waals surface area contributed by atoms with E-state index in [0.29, 0.717) is 24.7 Å². The molecule has 1 saturated carbocycles. The van der Waals surface area contributed by atoms with Crippen molar-refractivity contribution in [2.75, 3.05) is 12.8 Å². The Kier molecular flexibility index (Phi) is 3.97. The minimum absolute atomic E-state index is 0.153. The highest BCUT2D eigenvalue weighted by molar-refractivity contribution is 7.98. The van der Waals surface area contributed by atoms with E-state index in [-0.39, 0.29) is 5.91 Å². The lowest BCUT2D eigenvalue weighted by atomic mass is 10.3. The van der Waals surface area contributed by atoms with Gasteiger partial charge < -0.3 is 9.88 Å². The summed E-state index contributed by atoms with van der Waals surface area (Å²) in [4.78, 5) is 17.0. The number of imidazole rings is 1. The van der Waals surface area contributed by atoms with Crippen molar-refractivity contribution < 1.29 is 4.79 Å². The van der Waals surface area contributed by atoms with Crippen molar-refractivity contribution >= 4 is 23.2 Å². The molecule has 0 aliphatic heterocycles. The third kappa shape index (κ3) is 2.77. The number of carbonyl (C=O) groups is 1. The lowest BCUT2D eigenvalue weighted by molar-refractivity contribution is 0.0949. The molecule has 0 spiro atoms. The Morgan fingerprint density at radius 3 is 3.08 bits per heavy atom. The minimum atomic E-state index is -0.153. The predicted octanol–water partition coefficient (Wildman–Crippen LogP) is 1.96. The summed E-state index contributed by atoms with van der Waals surface area (Å²) in [5.74, 6) is 1.42. The maximum Gasteiger partial charge on any atom is 0.272 e. The highest BCUT2D eigenvalue weighted by Crippen LogP contribution is 2.38. The Labute approximate surface area is 143 Å². The zero-order valence-corrected chi connectivity index (χ0v) is 14.2. The maximum atomic E-state index is 12.5. The van der Waals surface area contributed by atoms with Crippen molar-refractivity contribution in [3.05, 3.63) is 42.2 Å². The Hall–Kier alpha value is -2.35. The summed E-state index contributed by atoms with van der Waals surface area (Å²) in [7, 11) is 0. The standard InChI is InChI=1S/C16H18N6OS/c1-24-16-19-13(12-4-2-3-8-22(12)16)15(23)17-7-9-21-10-18-20-14(21)11-5-6-11/h2-4,8,10-11H,5-7,9H2,1H3,(H,17,23). The summed E-state index contributed by atoms with van der Waals surface area (Å²) in [5.41, 5.74) is 1.29. The minimum Gasteiger partial charge on any atom is -0.349 e. The van der Waals surface area contributed by atoms with Gasteiger partial charge in [-0.1, -0.05) is 17.8 Å². The van der Waals surface area contributed by atoms with E-state index in [1.54, 1.807) is 6.33 Å². The van der Waals surface area contributed by atoms with E-state index in [1.165, 1.54) is 24.6 Å². The summed E-state index contributed by atoms with van der Waals surface area (Å²) in [6.45, 7) is 1.20. The van der Waals surface area contributed by atoms with Crippen molar-refractivity contribution in [2.45, 2.75) is 30.5 Å². The molecule has 0 unspecified atom stereocenters. The second kappa shape index (κ2) is 6.27. The van der Waals surface area contributed by atoms with E-state index in [2.05, 4.69) is 20.5 Å². The monoisotopic (exact) mass is 342 g/mol. The number of thioether (sulfide) groups is 1. The number of aromatic nitrogens is 5.